The van der Waals surface area contributed by atoms with Gasteiger partial charge in [0.15, 0.2) is 0 Å². The Labute approximate surface area is 119 Å². The molecule has 2 rings (SSSR count). The summed E-state index contributed by atoms with van der Waals surface area (Å²) in [6.45, 7) is 1.17. The maximum Gasteiger partial charge on any atom is 0.390 e. The van der Waals surface area contributed by atoms with Crippen molar-refractivity contribution in [3.63, 3.8) is 0 Å². The number of nitrogens with two attached hydrogens (primary N) is 1. The Hall–Kier alpha value is -1.67. The molecule has 9 nitrogen and oxygen atoms in total. The molecule has 1 aromatic rings. The van der Waals surface area contributed by atoms with E-state index in [0.29, 0.717) is 5.56 Å². The molecule has 116 valence electrons. The van der Waals surface area contributed by atoms with E-state index in [2.05, 4.69) is 4.98 Å². The second kappa shape index (κ2) is 5.61. The lowest BCUT2D eigenvalue weighted by Gasteiger charge is -2.32. The van der Waals surface area contributed by atoms with Crippen molar-refractivity contribution in [1.82, 2.24) is 9.55 Å². The van der Waals surface area contributed by atoms with Gasteiger partial charge in [-0.25, -0.2) is 4.79 Å². The lowest BCUT2D eigenvalue weighted by molar-refractivity contribution is 0.0152. The first-order valence-corrected chi connectivity index (χ1v) is 7.74. The van der Waals surface area contributed by atoms with E-state index in [1.165, 1.54) is 16.8 Å². The van der Waals surface area contributed by atoms with Crippen LogP contribution in [-0.2, 0) is 9.30 Å². The van der Waals surface area contributed by atoms with E-state index in [4.69, 9.17) is 20.3 Å². The lowest BCUT2D eigenvalue weighted by atomic mass is 10.1. The van der Waals surface area contributed by atoms with E-state index in [0.717, 1.165) is 0 Å². The standard InChI is InChI=1S/C11H16N3O6P/c1-6-4-14(11(16)13-10(6)12)7-2-3-9(21(17,18)19)20-8(7)5-15/h3-4,7-8,15H,2,5H2,1H3,(H2,12,13,16)(H2,17,18,19)/t7-,8-/m1/s1. The first-order chi connectivity index (χ1) is 9.74. The van der Waals surface area contributed by atoms with Gasteiger partial charge in [-0.15, -0.1) is 0 Å². The molecule has 0 saturated heterocycles. The van der Waals surface area contributed by atoms with Gasteiger partial charge in [0.25, 0.3) is 0 Å². The molecule has 0 aromatic carbocycles. The largest absolute Gasteiger partial charge is 0.478 e. The third-order valence-electron chi connectivity index (χ3n) is 3.23. The van der Waals surface area contributed by atoms with Gasteiger partial charge in [-0.2, -0.15) is 4.98 Å². The quantitative estimate of drug-likeness (QED) is 0.544. The third-order valence-corrected chi connectivity index (χ3v) is 4.10. The maximum absolute atomic E-state index is 11.9. The van der Waals surface area contributed by atoms with Gasteiger partial charge >= 0.3 is 13.3 Å². The van der Waals surface area contributed by atoms with Crippen LogP contribution in [0.15, 0.2) is 22.6 Å². The molecular weight excluding hydrogens is 301 g/mol. The van der Waals surface area contributed by atoms with Crippen molar-refractivity contribution in [1.29, 1.82) is 0 Å². The van der Waals surface area contributed by atoms with Crippen molar-refractivity contribution in [3.05, 3.63) is 33.8 Å². The predicted molar refractivity (Wildman–Crippen MR) is 73.4 cm³/mol. The Balaban J connectivity index is 2.41. The van der Waals surface area contributed by atoms with Crippen LogP contribution in [0.4, 0.5) is 5.82 Å². The minimum absolute atomic E-state index is 0.111. The Kier molecular flexibility index (Phi) is 4.20. The first-order valence-electron chi connectivity index (χ1n) is 6.13. The first kappa shape index (κ1) is 15.7. The Morgan fingerprint density at radius 2 is 2.24 bits per heavy atom. The average Bonchev–Trinajstić information content (AvgIpc) is 2.41. The molecule has 10 heteroatoms. The summed E-state index contributed by atoms with van der Waals surface area (Å²) in [7, 11) is -4.53. The number of allylic oxidation sites excluding steroid dienone is 1. The Bertz CT molecular complexity index is 679. The molecule has 1 aliphatic heterocycles. The van der Waals surface area contributed by atoms with Gasteiger partial charge in [-0.3, -0.25) is 9.13 Å². The van der Waals surface area contributed by atoms with E-state index in [1.807, 2.05) is 0 Å². The maximum atomic E-state index is 11.9. The summed E-state index contributed by atoms with van der Waals surface area (Å²) in [5.74, 6) is 0.111. The van der Waals surface area contributed by atoms with E-state index in [-0.39, 0.29) is 12.2 Å². The topological polar surface area (TPSA) is 148 Å². The second-order valence-electron chi connectivity index (χ2n) is 4.73. The van der Waals surface area contributed by atoms with Gasteiger partial charge in [0.2, 0.25) is 5.50 Å². The molecule has 2 heterocycles. The molecule has 2 atom stereocenters. The molecule has 0 aliphatic carbocycles. The smallest absolute Gasteiger partial charge is 0.390 e. The molecule has 0 amide bonds. The van der Waals surface area contributed by atoms with Crippen LogP contribution in [-0.4, -0.2) is 37.2 Å². The van der Waals surface area contributed by atoms with Crippen LogP contribution in [0.1, 0.15) is 18.0 Å². The summed E-state index contributed by atoms with van der Waals surface area (Å²) in [5, 5.41) is 9.36. The van der Waals surface area contributed by atoms with Crippen LogP contribution in [0.2, 0.25) is 0 Å². The number of hydrogen-bond donors (Lipinski definition) is 4. The zero-order chi connectivity index (χ0) is 15.8. The number of rotatable bonds is 3. The van der Waals surface area contributed by atoms with Crippen LogP contribution in [0.25, 0.3) is 0 Å². The van der Waals surface area contributed by atoms with Gasteiger partial charge in [-0.05, 0) is 19.4 Å². The predicted octanol–water partition coefficient (Wildman–Crippen LogP) is -0.525. The highest BCUT2D eigenvalue weighted by Crippen LogP contribution is 2.49. The molecule has 1 aromatic heterocycles. The lowest BCUT2D eigenvalue weighted by Crippen LogP contribution is -2.38. The molecular formula is C11H16N3O6P. The third kappa shape index (κ3) is 3.16. The number of aryl methyl sites for hydroxylation is 1. The van der Waals surface area contributed by atoms with Crippen LogP contribution >= 0.6 is 7.60 Å². The average molecular weight is 317 g/mol. The number of aliphatic hydroxyl groups excluding tert-OH is 1. The van der Waals surface area contributed by atoms with E-state index < -0.39 is 37.5 Å². The number of hydrogen-bond acceptors (Lipinski definition) is 6. The van der Waals surface area contributed by atoms with Crippen molar-refractivity contribution < 1.29 is 24.2 Å². The molecule has 0 bridgehead atoms. The number of anilines is 1. The zero-order valence-electron chi connectivity index (χ0n) is 11.2. The van der Waals surface area contributed by atoms with Crippen molar-refractivity contribution >= 4 is 13.4 Å². The highest BCUT2D eigenvalue weighted by atomic mass is 31.2. The number of ether oxygens (including phenoxy) is 1. The second-order valence-corrected chi connectivity index (χ2v) is 6.26. The van der Waals surface area contributed by atoms with Gasteiger partial charge in [0.05, 0.1) is 12.6 Å². The molecule has 0 unspecified atom stereocenters. The highest BCUT2D eigenvalue weighted by Gasteiger charge is 2.35. The van der Waals surface area contributed by atoms with Crippen LogP contribution in [0, 0.1) is 6.92 Å². The SMILES string of the molecule is Cc1cn([C@@H]2CC=C(P(=O)(O)O)O[C@@H]2CO)c(=O)nc1N. The van der Waals surface area contributed by atoms with Gasteiger partial charge < -0.3 is 25.4 Å². The summed E-state index contributed by atoms with van der Waals surface area (Å²) < 4.78 is 17.5. The molecule has 0 radical (unpaired) electrons. The van der Waals surface area contributed by atoms with Crippen LogP contribution < -0.4 is 11.4 Å². The molecule has 21 heavy (non-hydrogen) atoms. The Morgan fingerprint density at radius 1 is 1.57 bits per heavy atom. The van der Waals surface area contributed by atoms with E-state index in [1.54, 1.807) is 6.92 Å². The van der Waals surface area contributed by atoms with Gasteiger partial charge in [0.1, 0.15) is 11.9 Å². The van der Waals surface area contributed by atoms with Crippen LogP contribution in [0.5, 0.6) is 0 Å². The number of aliphatic hydroxyl groups is 1. The zero-order valence-corrected chi connectivity index (χ0v) is 12.1. The summed E-state index contributed by atoms with van der Waals surface area (Å²) in [4.78, 5) is 33.7. The number of nitrogen functional groups attached to an aromatic ring is 1. The normalized spacial score (nSPS) is 22.6. The fourth-order valence-electron chi connectivity index (χ4n) is 2.11. The molecule has 0 saturated carbocycles. The van der Waals surface area contributed by atoms with Crippen molar-refractivity contribution in [3.8, 4) is 0 Å². The fraction of sp³-hybridized carbons (Fsp3) is 0.455. The monoisotopic (exact) mass is 317 g/mol. The molecule has 1 aliphatic rings. The van der Waals surface area contributed by atoms with Gasteiger partial charge in [0, 0.05) is 11.8 Å². The molecule has 0 fully saturated rings. The molecule has 0 spiro atoms. The summed E-state index contributed by atoms with van der Waals surface area (Å²) in [6.07, 6.45) is 1.87. The number of nitrogens with zero attached hydrogens (tertiary/aromatic N) is 2. The van der Waals surface area contributed by atoms with Crippen molar-refractivity contribution in [2.75, 3.05) is 12.3 Å². The summed E-state index contributed by atoms with van der Waals surface area (Å²) >= 11 is 0. The minimum atomic E-state index is -4.53. The van der Waals surface area contributed by atoms with Crippen molar-refractivity contribution in [2.24, 2.45) is 0 Å². The summed E-state index contributed by atoms with van der Waals surface area (Å²) in [6, 6.07) is -0.621. The van der Waals surface area contributed by atoms with E-state index >= 15 is 0 Å². The van der Waals surface area contributed by atoms with Crippen molar-refractivity contribution in [2.45, 2.75) is 25.5 Å². The number of aromatic nitrogens is 2. The molecule has 5 N–H and O–H groups in total. The Morgan fingerprint density at radius 3 is 2.81 bits per heavy atom. The highest BCUT2D eigenvalue weighted by molar-refractivity contribution is 7.56. The fourth-order valence-corrected chi connectivity index (χ4v) is 2.73. The van der Waals surface area contributed by atoms with E-state index in [9.17, 15) is 14.5 Å². The minimum Gasteiger partial charge on any atom is -0.478 e. The van der Waals surface area contributed by atoms with Gasteiger partial charge in [-0.1, -0.05) is 0 Å². The van der Waals surface area contributed by atoms with Crippen LogP contribution in [0.3, 0.4) is 0 Å². The summed E-state index contributed by atoms with van der Waals surface area (Å²) in [5.41, 5.74) is 5.02.